The van der Waals surface area contributed by atoms with Crippen LogP contribution in [0.4, 0.5) is 0 Å². The zero-order chi connectivity index (χ0) is 19.4. The van der Waals surface area contributed by atoms with Gasteiger partial charge in [-0.15, -0.1) is 0 Å². The Morgan fingerprint density at radius 1 is 0.821 bits per heavy atom. The van der Waals surface area contributed by atoms with Gasteiger partial charge in [-0.25, -0.2) is 4.79 Å². The normalized spacial score (nSPS) is 14.7. The van der Waals surface area contributed by atoms with E-state index in [2.05, 4.69) is 62.4 Å². The summed E-state index contributed by atoms with van der Waals surface area (Å²) >= 11 is 0. The van der Waals surface area contributed by atoms with Crippen LogP contribution in [0.1, 0.15) is 44.1 Å². The molecule has 1 aliphatic rings. The van der Waals surface area contributed by atoms with Crippen LogP contribution in [0, 0.1) is 13.8 Å². The molecule has 0 aliphatic heterocycles. The molecule has 0 saturated heterocycles. The van der Waals surface area contributed by atoms with E-state index < -0.39 is 5.97 Å². The summed E-state index contributed by atoms with van der Waals surface area (Å²) in [6.07, 6.45) is 0. The topological polar surface area (TPSA) is 37.3 Å². The zero-order valence-corrected chi connectivity index (χ0v) is 15.9. The average Bonchev–Trinajstić information content (AvgIpc) is 3.01. The van der Waals surface area contributed by atoms with Crippen LogP contribution in [-0.2, 0) is 0 Å². The Kier molecular flexibility index (Phi) is 3.63. The first-order chi connectivity index (χ1) is 13.5. The first kappa shape index (κ1) is 16.8. The van der Waals surface area contributed by atoms with Gasteiger partial charge in [-0.05, 0) is 70.1 Å². The van der Waals surface area contributed by atoms with E-state index in [0.717, 1.165) is 5.56 Å². The number of aromatic carboxylic acids is 1. The van der Waals surface area contributed by atoms with Gasteiger partial charge >= 0.3 is 5.97 Å². The van der Waals surface area contributed by atoms with Crippen molar-refractivity contribution in [3.63, 3.8) is 0 Å². The maximum absolute atomic E-state index is 11.3. The van der Waals surface area contributed by atoms with Gasteiger partial charge in [0.15, 0.2) is 0 Å². The minimum atomic E-state index is -0.892. The summed E-state index contributed by atoms with van der Waals surface area (Å²) < 4.78 is 0. The zero-order valence-electron chi connectivity index (χ0n) is 15.9. The van der Waals surface area contributed by atoms with Gasteiger partial charge in [0.05, 0.1) is 5.56 Å². The van der Waals surface area contributed by atoms with Crippen molar-refractivity contribution >= 4 is 16.7 Å². The second-order valence-corrected chi connectivity index (χ2v) is 7.65. The van der Waals surface area contributed by atoms with E-state index in [1.165, 1.54) is 44.2 Å². The Hall–Kier alpha value is -3.39. The number of hydrogen-bond donors (Lipinski definition) is 1. The summed E-state index contributed by atoms with van der Waals surface area (Å²) in [6, 6.07) is 24.9. The van der Waals surface area contributed by atoms with E-state index in [1.807, 2.05) is 12.1 Å². The maximum Gasteiger partial charge on any atom is 0.335 e. The Morgan fingerprint density at radius 2 is 1.54 bits per heavy atom. The van der Waals surface area contributed by atoms with Crippen LogP contribution in [-0.4, -0.2) is 11.1 Å². The molecular weight excluding hydrogens is 344 g/mol. The molecule has 0 fully saturated rings. The quantitative estimate of drug-likeness (QED) is 0.398. The van der Waals surface area contributed by atoms with Gasteiger partial charge in [-0.3, -0.25) is 0 Å². The first-order valence-electron chi connectivity index (χ1n) is 9.51. The molecule has 1 unspecified atom stereocenters. The molecule has 0 radical (unpaired) electrons. The van der Waals surface area contributed by atoms with E-state index in [9.17, 15) is 9.90 Å². The molecule has 1 atom stereocenters. The van der Waals surface area contributed by atoms with E-state index >= 15 is 0 Å². The maximum atomic E-state index is 11.3. The van der Waals surface area contributed by atoms with Crippen LogP contribution in [0.15, 0.2) is 72.8 Å². The molecule has 0 saturated carbocycles. The third-order valence-electron chi connectivity index (χ3n) is 5.87. The van der Waals surface area contributed by atoms with E-state index in [4.69, 9.17) is 0 Å². The molecular formula is C26H20O2. The highest BCUT2D eigenvalue weighted by molar-refractivity contribution is 6.03. The van der Waals surface area contributed by atoms with Crippen LogP contribution in [0.3, 0.4) is 0 Å². The highest BCUT2D eigenvalue weighted by atomic mass is 16.4. The van der Waals surface area contributed by atoms with Crippen LogP contribution < -0.4 is 0 Å². The molecule has 2 heteroatoms. The Balaban J connectivity index is 1.82. The van der Waals surface area contributed by atoms with Crippen molar-refractivity contribution in [2.45, 2.75) is 19.8 Å². The lowest BCUT2D eigenvalue weighted by Gasteiger charge is -2.16. The first-order valence-corrected chi connectivity index (χ1v) is 9.51. The van der Waals surface area contributed by atoms with Gasteiger partial charge < -0.3 is 5.11 Å². The number of carboxylic acids is 1. The summed E-state index contributed by atoms with van der Waals surface area (Å²) in [5, 5.41) is 11.8. The minimum Gasteiger partial charge on any atom is -0.478 e. The molecule has 0 bridgehead atoms. The molecule has 0 amide bonds. The fraction of sp³-hybridized carbons (Fsp3) is 0.115. The molecule has 1 N–H and O–H groups in total. The minimum absolute atomic E-state index is 0.121. The number of rotatable bonds is 2. The van der Waals surface area contributed by atoms with Gasteiger partial charge in [-0.1, -0.05) is 66.2 Å². The lowest BCUT2D eigenvalue weighted by Crippen LogP contribution is -2.02. The molecule has 28 heavy (non-hydrogen) atoms. The largest absolute Gasteiger partial charge is 0.478 e. The third-order valence-corrected chi connectivity index (χ3v) is 5.87. The number of aryl methyl sites for hydroxylation is 2. The molecule has 2 nitrogen and oxygen atoms in total. The lowest BCUT2D eigenvalue weighted by atomic mass is 9.87. The Morgan fingerprint density at radius 3 is 2.25 bits per heavy atom. The van der Waals surface area contributed by atoms with Crippen molar-refractivity contribution in [1.82, 2.24) is 0 Å². The number of fused-ring (bicyclic) bond motifs is 5. The van der Waals surface area contributed by atoms with Crippen LogP contribution >= 0.6 is 0 Å². The third kappa shape index (κ3) is 2.38. The van der Waals surface area contributed by atoms with Crippen molar-refractivity contribution in [1.29, 1.82) is 0 Å². The number of carboxylic acid groups (broad SMARTS) is 1. The van der Waals surface area contributed by atoms with Crippen molar-refractivity contribution < 1.29 is 9.90 Å². The highest BCUT2D eigenvalue weighted by Crippen LogP contribution is 2.51. The van der Waals surface area contributed by atoms with Gasteiger partial charge in [0.25, 0.3) is 0 Å². The number of benzene rings is 4. The van der Waals surface area contributed by atoms with Gasteiger partial charge in [0.2, 0.25) is 0 Å². The van der Waals surface area contributed by atoms with E-state index in [0.29, 0.717) is 5.56 Å². The van der Waals surface area contributed by atoms with Crippen LogP contribution in [0.2, 0.25) is 0 Å². The highest BCUT2D eigenvalue weighted by Gasteiger charge is 2.31. The van der Waals surface area contributed by atoms with E-state index in [1.54, 1.807) is 12.1 Å². The molecule has 4 aromatic rings. The summed E-state index contributed by atoms with van der Waals surface area (Å²) in [5.41, 5.74) is 9.15. The molecule has 0 aromatic heterocycles. The second kappa shape index (κ2) is 6.07. The summed E-state index contributed by atoms with van der Waals surface area (Å²) in [7, 11) is 0. The molecule has 136 valence electrons. The SMILES string of the molecule is Cc1ccc2c(c1)C(c1ccc(C(=O)O)cc1)c1cc(C)c3ccccc3c1-2. The molecule has 4 aromatic carbocycles. The molecule has 1 aliphatic carbocycles. The van der Waals surface area contributed by atoms with Crippen molar-refractivity contribution in [2.75, 3.05) is 0 Å². The molecule has 0 spiro atoms. The predicted octanol–water partition coefficient (Wildman–Crippen LogP) is 6.32. The lowest BCUT2D eigenvalue weighted by molar-refractivity contribution is 0.0697. The van der Waals surface area contributed by atoms with Crippen molar-refractivity contribution in [2.24, 2.45) is 0 Å². The molecule has 5 rings (SSSR count). The van der Waals surface area contributed by atoms with Gasteiger partial charge in [0.1, 0.15) is 0 Å². The van der Waals surface area contributed by atoms with Gasteiger partial charge in [0, 0.05) is 5.92 Å². The summed E-state index contributed by atoms with van der Waals surface area (Å²) in [4.78, 5) is 11.3. The Labute approximate surface area is 164 Å². The summed E-state index contributed by atoms with van der Waals surface area (Å²) in [5.74, 6) is -0.771. The van der Waals surface area contributed by atoms with Crippen LogP contribution in [0.5, 0.6) is 0 Å². The number of carbonyl (C=O) groups is 1. The predicted molar refractivity (Wildman–Crippen MR) is 113 cm³/mol. The Bertz CT molecular complexity index is 1250. The van der Waals surface area contributed by atoms with Gasteiger partial charge in [-0.2, -0.15) is 0 Å². The fourth-order valence-electron chi connectivity index (χ4n) is 4.61. The fourth-order valence-corrected chi connectivity index (χ4v) is 4.61. The standard InChI is InChI=1S/C26H20O2/c1-15-7-12-21-22(13-15)24(17-8-10-18(11-9-17)26(27)28)23-14-16(2)19-5-3-4-6-20(19)25(21)23/h3-14,24H,1-2H3,(H,27,28). The second-order valence-electron chi connectivity index (χ2n) is 7.65. The van der Waals surface area contributed by atoms with Crippen LogP contribution in [0.25, 0.3) is 21.9 Å². The monoisotopic (exact) mass is 364 g/mol. The van der Waals surface area contributed by atoms with Crippen molar-refractivity contribution in [3.05, 3.63) is 106 Å². The smallest absolute Gasteiger partial charge is 0.335 e. The molecule has 0 heterocycles. The van der Waals surface area contributed by atoms with E-state index in [-0.39, 0.29) is 5.92 Å². The number of hydrogen-bond acceptors (Lipinski definition) is 1. The average molecular weight is 364 g/mol. The summed E-state index contributed by atoms with van der Waals surface area (Å²) in [6.45, 7) is 4.29. The van der Waals surface area contributed by atoms with Crippen molar-refractivity contribution in [3.8, 4) is 11.1 Å².